The van der Waals surface area contributed by atoms with Gasteiger partial charge in [0, 0.05) is 13.1 Å². The van der Waals surface area contributed by atoms with Crippen molar-refractivity contribution in [2.24, 2.45) is 11.8 Å². The van der Waals surface area contributed by atoms with E-state index in [0.29, 0.717) is 12.5 Å². The third-order valence-corrected chi connectivity index (χ3v) is 4.16. The monoisotopic (exact) mass is 268 g/mol. The summed E-state index contributed by atoms with van der Waals surface area (Å²) in [4.78, 5) is 25.5. The summed E-state index contributed by atoms with van der Waals surface area (Å²) in [6.45, 7) is 5.12. The molecule has 2 rings (SSSR count). The molecular formula is C14H24N2O3. The van der Waals surface area contributed by atoms with Crippen LogP contribution in [0.4, 0.5) is 4.79 Å². The predicted octanol–water partition coefficient (Wildman–Crippen LogP) is 2.07. The highest BCUT2D eigenvalue weighted by molar-refractivity contribution is 5.86. The van der Waals surface area contributed by atoms with E-state index >= 15 is 0 Å². The Morgan fingerprint density at radius 2 is 1.95 bits per heavy atom. The molecule has 108 valence electrons. The van der Waals surface area contributed by atoms with E-state index in [9.17, 15) is 14.7 Å². The molecule has 2 N–H and O–H groups in total. The van der Waals surface area contributed by atoms with Crippen molar-refractivity contribution < 1.29 is 14.7 Å². The number of rotatable bonds is 7. The maximum atomic E-state index is 12.3. The Morgan fingerprint density at radius 3 is 2.37 bits per heavy atom. The molecular weight excluding hydrogens is 244 g/mol. The Bertz CT molecular complexity index is 364. The van der Waals surface area contributed by atoms with E-state index in [1.807, 2.05) is 6.92 Å². The highest BCUT2D eigenvalue weighted by Gasteiger charge is 2.49. The quantitative estimate of drug-likeness (QED) is 0.742. The zero-order valence-electron chi connectivity index (χ0n) is 11.8. The van der Waals surface area contributed by atoms with Crippen molar-refractivity contribution in [2.45, 2.75) is 51.5 Å². The molecule has 2 aliphatic carbocycles. The number of nitrogens with one attached hydrogen (secondary N) is 1. The van der Waals surface area contributed by atoms with Crippen LogP contribution in [0.3, 0.4) is 0 Å². The van der Waals surface area contributed by atoms with Gasteiger partial charge >= 0.3 is 12.0 Å². The van der Waals surface area contributed by atoms with Gasteiger partial charge in [0.05, 0.1) is 0 Å². The molecule has 1 unspecified atom stereocenters. The van der Waals surface area contributed by atoms with Crippen molar-refractivity contribution in [3.63, 3.8) is 0 Å². The molecule has 5 heteroatoms. The molecule has 0 aromatic heterocycles. The zero-order chi connectivity index (χ0) is 14.0. The first-order valence-corrected chi connectivity index (χ1v) is 7.27. The largest absolute Gasteiger partial charge is 0.480 e. The van der Waals surface area contributed by atoms with Gasteiger partial charge < -0.3 is 15.3 Å². The van der Waals surface area contributed by atoms with Gasteiger partial charge in [0.25, 0.3) is 0 Å². The van der Waals surface area contributed by atoms with Crippen LogP contribution in [-0.4, -0.2) is 40.6 Å². The lowest BCUT2D eigenvalue weighted by Gasteiger charge is -2.31. The Hall–Kier alpha value is -1.26. The summed E-state index contributed by atoms with van der Waals surface area (Å²) in [5, 5.41) is 12.1. The molecule has 2 fully saturated rings. The Morgan fingerprint density at radius 1 is 1.32 bits per heavy atom. The van der Waals surface area contributed by atoms with Crippen molar-refractivity contribution in [1.82, 2.24) is 10.2 Å². The summed E-state index contributed by atoms with van der Waals surface area (Å²) in [6, 6.07) is -0.217. The first-order chi connectivity index (χ1) is 8.97. The maximum absolute atomic E-state index is 12.3. The first-order valence-electron chi connectivity index (χ1n) is 7.27. The van der Waals surface area contributed by atoms with Crippen LogP contribution >= 0.6 is 0 Å². The molecule has 5 nitrogen and oxygen atoms in total. The van der Waals surface area contributed by atoms with E-state index in [1.165, 1.54) is 12.8 Å². The van der Waals surface area contributed by atoms with Crippen LogP contribution in [-0.2, 0) is 4.79 Å². The van der Waals surface area contributed by atoms with Crippen LogP contribution in [0.15, 0.2) is 0 Å². The summed E-state index contributed by atoms with van der Waals surface area (Å²) in [5.41, 5.74) is -1.10. The molecule has 0 spiro atoms. The fourth-order valence-electron chi connectivity index (χ4n) is 2.45. The molecule has 2 amide bonds. The number of carboxylic acids is 1. The van der Waals surface area contributed by atoms with E-state index in [2.05, 4.69) is 5.32 Å². The first kappa shape index (κ1) is 14.2. The van der Waals surface area contributed by atoms with Crippen LogP contribution in [0.25, 0.3) is 0 Å². The fourth-order valence-corrected chi connectivity index (χ4v) is 2.45. The highest BCUT2D eigenvalue weighted by Crippen LogP contribution is 2.40. The fraction of sp³-hybridized carbons (Fsp3) is 0.857. The van der Waals surface area contributed by atoms with Gasteiger partial charge in [-0.05, 0) is 50.9 Å². The molecule has 2 saturated carbocycles. The summed E-state index contributed by atoms with van der Waals surface area (Å²) < 4.78 is 0. The predicted molar refractivity (Wildman–Crippen MR) is 71.9 cm³/mol. The lowest BCUT2D eigenvalue weighted by atomic mass is 9.96. The SMILES string of the molecule is CCCN(CC1CC1)C(=O)NC(C)(C(=O)O)C1CC1. The van der Waals surface area contributed by atoms with Crippen molar-refractivity contribution >= 4 is 12.0 Å². The minimum Gasteiger partial charge on any atom is -0.480 e. The van der Waals surface area contributed by atoms with Crippen LogP contribution in [0, 0.1) is 11.8 Å². The van der Waals surface area contributed by atoms with Gasteiger partial charge in [-0.15, -0.1) is 0 Å². The second kappa shape index (κ2) is 5.39. The molecule has 0 aromatic rings. The van der Waals surface area contributed by atoms with Crippen molar-refractivity contribution in [1.29, 1.82) is 0 Å². The molecule has 0 heterocycles. The van der Waals surface area contributed by atoms with Crippen LogP contribution in [0.2, 0.25) is 0 Å². The number of carbonyl (C=O) groups excluding carboxylic acids is 1. The maximum Gasteiger partial charge on any atom is 0.329 e. The zero-order valence-corrected chi connectivity index (χ0v) is 11.8. The molecule has 0 bridgehead atoms. The Balaban J connectivity index is 1.97. The third kappa shape index (κ3) is 3.39. The van der Waals surface area contributed by atoms with Gasteiger partial charge in [-0.1, -0.05) is 6.92 Å². The molecule has 0 radical (unpaired) electrons. The number of aliphatic carboxylic acids is 1. The van der Waals surface area contributed by atoms with Crippen molar-refractivity contribution in [3.05, 3.63) is 0 Å². The number of carboxylic acid groups (broad SMARTS) is 1. The Kier molecular flexibility index (Phi) is 4.02. The standard InChI is InChI=1S/C14H24N2O3/c1-3-8-16(9-10-4-5-10)13(19)15-14(2,12(17)18)11-6-7-11/h10-11H,3-9H2,1-2H3,(H,15,19)(H,17,18). The van der Waals surface area contributed by atoms with E-state index in [1.54, 1.807) is 11.8 Å². The van der Waals surface area contributed by atoms with Crippen LogP contribution < -0.4 is 5.32 Å². The number of carbonyl (C=O) groups is 2. The van der Waals surface area contributed by atoms with Gasteiger partial charge in [-0.3, -0.25) is 0 Å². The smallest absolute Gasteiger partial charge is 0.329 e. The van der Waals surface area contributed by atoms with Crippen molar-refractivity contribution in [3.8, 4) is 0 Å². The summed E-state index contributed by atoms with van der Waals surface area (Å²) in [6.07, 6.45) is 5.05. The summed E-state index contributed by atoms with van der Waals surface area (Å²) in [5.74, 6) is -0.223. The number of hydrogen-bond donors (Lipinski definition) is 2. The molecule has 0 saturated heterocycles. The van der Waals surface area contributed by atoms with E-state index in [0.717, 1.165) is 25.8 Å². The number of urea groups is 1. The molecule has 0 aromatic carbocycles. The second-order valence-corrected chi connectivity index (χ2v) is 6.10. The minimum absolute atomic E-state index is 0.0818. The molecule has 19 heavy (non-hydrogen) atoms. The van der Waals surface area contributed by atoms with Gasteiger partial charge in [-0.2, -0.15) is 0 Å². The van der Waals surface area contributed by atoms with E-state index in [-0.39, 0.29) is 11.9 Å². The molecule has 2 aliphatic rings. The average Bonchev–Trinajstić information content (AvgIpc) is 3.20. The topological polar surface area (TPSA) is 69.6 Å². The molecule has 1 atom stereocenters. The summed E-state index contributed by atoms with van der Waals surface area (Å²) >= 11 is 0. The lowest BCUT2D eigenvalue weighted by Crippen LogP contribution is -2.57. The third-order valence-electron chi connectivity index (χ3n) is 4.16. The van der Waals surface area contributed by atoms with E-state index < -0.39 is 11.5 Å². The molecule has 0 aliphatic heterocycles. The van der Waals surface area contributed by atoms with Gasteiger partial charge in [0.15, 0.2) is 0 Å². The second-order valence-electron chi connectivity index (χ2n) is 6.10. The average molecular weight is 268 g/mol. The van der Waals surface area contributed by atoms with E-state index in [4.69, 9.17) is 0 Å². The van der Waals surface area contributed by atoms with Gasteiger partial charge in [0.2, 0.25) is 0 Å². The van der Waals surface area contributed by atoms with Crippen molar-refractivity contribution in [2.75, 3.05) is 13.1 Å². The normalized spacial score (nSPS) is 21.6. The lowest BCUT2D eigenvalue weighted by molar-refractivity contribution is -0.144. The van der Waals surface area contributed by atoms with Gasteiger partial charge in [-0.25, -0.2) is 9.59 Å². The number of hydrogen-bond acceptors (Lipinski definition) is 2. The minimum atomic E-state index is -1.10. The Labute approximate surface area is 114 Å². The van der Waals surface area contributed by atoms with Crippen LogP contribution in [0.1, 0.15) is 46.0 Å². The number of amides is 2. The number of nitrogens with zero attached hydrogens (tertiary/aromatic N) is 1. The summed E-state index contributed by atoms with van der Waals surface area (Å²) in [7, 11) is 0. The highest BCUT2D eigenvalue weighted by atomic mass is 16.4. The van der Waals surface area contributed by atoms with Gasteiger partial charge in [0.1, 0.15) is 5.54 Å². The van der Waals surface area contributed by atoms with Crippen LogP contribution in [0.5, 0.6) is 0 Å².